The second-order valence-corrected chi connectivity index (χ2v) is 8.50. The summed E-state index contributed by atoms with van der Waals surface area (Å²) in [6.45, 7) is 6.67. The maximum Gasteiger partial charge on any atom is 0.410 e. The van der Waals surface area contributed by atoms with Crippen molar-refractivity contribution in [1.29, 1.82) is 0 Å². The maximum atomic E-state index is 13.3. The highest BCUT2D eigenvalue weighted by Gasteiger charge is 2.33. The number of nitrogens with one attached hydrogen (secondary N) is 1. The van der Waals surface area contributed by atoms with Crippen LogP contribution in [0.3, 0.4) is 0 Å². The Balaban J connectivity index is 1.35. The maximum absolute atomic E-state index is 13.3. The van der Waals surface area contributed by atoms with Gasteiger partial charge in [0.25, 0.3) is 0 Å². The summed E-state index contributed by atoms with van der Waals surface area (Å²) in [4.78, 5) is 26.4. The molecule has 1 fully saturated rings. The molecule has 3 heterocycles. The number of carbonyl (C=O) groups excluding carboxylic acids is 1. The van der Waals surface area contributed by atoms with Crippen LogP contribution < -0.4 is 10.1 Å². The quantitative estimate of drug-likeness (QED) is 0.628. The molecule has 9 heteroatoms. The zero-order valence-electron chi connectivity index (χ0n) is 18.1. The van der Waals surface area contributed by atoms with Crippen LogP contribution in [-0.4, -0.2) is 50.7 Å². The molecule has 0 atom stereocenters. The normalized spacial score (nSPS) is 13.9. The smallest absolute Gasteiger partial charge is 0.410 e. The van der Waals surface area contributed by atoms with E-state index in [1.54, 1.807) is 41.8 Å². The van der Waals surface area contributed by atoms with Gasteiger partial charge in [0, 0.05) is 55.1 Å². The van der Waals surface area contributed by atoms with E-state index in [0.717, 1.165) is 16.8 Å². The standard InChI is InChI=1S/C23H24FN5O3/c1-23(2,3)32-22(30)29-13-19(14-29)28-18-7-15(9-25-12-18)16-10-26-21(27-11-16)31-20-6-4-5-17(24)8-20/h4-12,19,28H,13-14H2,1-3H3. The summed E-state index contributed by atoms with van der Waals surface area (Å²) in [5, 5.41) is 3.37. The molecular formula is C23H24FN5O3. The van der Waals surface area contributed by atoms with Crippen molar-refractivity contribution < 1.29 is 18.7 Å². The van der Waals surface area contributed by atoms with Crippen LogP contribution >= 0.6 is 0 Å². The average molecular weight is 437 g/mol. The monoisotopic (exact) mass is 437 g/mol. The predicted molar refractivity (Wildman–Crippen MR) is 117 cm³/mol. The van der Waals surface area contributed by atoms with Gasteiger partial charge < -0.3 is 19.7 Å². The van der Waals surface area contributed by atoms with Gasteiger partial charge in [-0.1, -0.05) is 6.07 Å². The molecule has 1 aromatic carbocycles. The second kappa shape index (κ2) is 8.78. The first-order valence-electron chi connectivity index (χ1n) is 10.2. The van der Waals surface area contributed by atoms with E-state index in [1.807, 2.05) is 26.8 Å². The van der Waals surface area contributed by atoms with Gasteiger partial charge in [-0.3, -0.25) is 4.98 Å². The number of ether oxygens (including phenoxy) is 2. The molecule has 2 aromatic heterocycles. The third kappa shape index (κ3) is 5.48. The highest BCUT2D eigenvalue weighted by atomic mass is 19.1. The molecule has 1 N–H and O–H groups in total. The van der Waals surface area contributed by atoms with Crippen LogP contribution in [0.4, 0.5) is 14.9 Å². The van der Waals surface area contributed by atoms with Crippen molar-refractivity contribution in [2.45, 2.75) is 32.4 Å². The molecule has 3 aromatic rings. The van der Waals surface area contributed by atoms with Gasteiger partial charge in [-0.15, -0.1) is 0 Å². The highest BCUT2D eigenvalue weighted by molar-refractivity contribution is 5.70. The summed E-state index contributed by atoms with van der Waals surface area (Å²) in [5.74, 6) is -0.0678. The number of likely N-dealkylation sites (tertiary alicyclic amines) is 1. The molecule has 4 rings (SSSR count). The number of rotatable bonds is 5. The Morgan fingerprint density at radius 3 is 2.53 bits per heavy atom. The van der Waals surface area contributed by atoms with Crippen LogP contribution in [-0.2, 0) is 4.74 Å². The number of hydrogen-bond acceptors (Lipinski definition) is 7. The van der Waals surface area contributed by atoms with Crippen LogP contribution in [0.2, 0.25) is 0 Å². The molecule has 1 aliphatic rings. The molecule has 0 unspecified atom stereocenters. The molecule has 0 radical (unpaired) electrons. The molecule has 0 saturated carbocycles. The Hall–Kier alpha value is -3.75. The number of hydrogen-bond donors (Lipinski definition) is 1. The van der Waals surface area contributed by atoms with E-state index in [0.29, 0.717) is 18.8 Å². The molecule has 1 amide bonds. The molecule has 166 valence electrons. The Labute approximate surface area is 185 Å². The van der Waals surface area contributed by atoms with Gasteiger partial charge >= 0.3 is 12.1 Å². The van der Waals surface area contributed by atoms with Crippen molar-refractivity contribution >= 4 is 11.8 Å². The summed E-state index contributed by atoms with van der Waals surface area (Å²) < 4.78 is 24.1. The predicted octanol–water partition coefficient (Wildman–Crippen LogP) is 4.50. The lowest BCUT2D eigenvalue weighted by atomic mass is 10.1. The van der Waals surface area contributed by atoms with Crippen LogP contribution in [0.15, 0.2) is 55.1 Å². The van der Waals surface area contributed by atoms with Gasteiger partial charge in [-0.25, -0.2) is 19.2 Å². The lowest BCUT2D eigenvalue weighted by Crippen LogP contribution is -2.57. The van der Waals surface area contributed by atoms with E-state index >= 15 is 0 Å². The molecule has 0 bridgehead atoms. The van der Waals surface area contributed by atoms with E-state index in [4.69, 9.17) is 9.47 Å². The van der Waals surface area contributed by atoms with Crippen molar-refractivity contribution in [1.82, 2.24) is 19.9 Å². The molecular weight excluding hydrogens is 413 g/mol. The first kappa shape index (κ1) is 21.5. The van der Waals surface area contributed by atoms with E-state index in [2.05, 4.69) is 20.3 Å². The van der Waals surface area contributed by atoms with Gasteiger partial charge in [0.2, 0.25) is 0 Å². The topological polar surface area (TPSA) is 89.5 Å². The Morgan fingerprint density at radius 1 is 1.09 bits per heavy atom. The number of amides is 1. The zero-order valence-corrected chi connectivity index (χ0v) is 18.1. The van der Waals surface area contributed by atoms with Crippen LogP contribution in [0.25, 0.3) is 11.1 Å². The minimum atomic E-state index is -0.506. The van der Waals surface area contributed by atoms with Gasteiger partial charge in [0.15, 0.2) is 0 Å². The van der Waals surface area contributed by atoms with Gasteiger partial charge in [-0.2, -0.15) is 0 Å². The van der Waals surface area contributed by atoms with Gasteiger partial charge in [0.05, 0.1) is 11.7 Å². The first-order valence-corrected chi connectivity index (χ1v) is 10.2. The molecule has 32 heavy (non-hydrogen) atoms. The van der Waals surface area contributed by atoms with E-state index in [-0.39, 0.29) is 18.1 Å². The number of benzene rings is 1. The minimum absolute atomic E-state index is 0.123. The molecule has 0 aliphatic carbocycles. The summed E-state index contributed by atoms with van der Waals surface area (Å²) in [6, 6.07) is 7.97. The Morgan fingerprint density at radius 2 is 1.84 bits per heavy atom. The summed E-state index contributed by atoms with van der Waals surface area (Å²) in [6.07, 6.45) is 6.37. The molecule has 8 nitrogen and oxygen atoms in total. The zero-order chi connectivity index (χ0) is 22.7. The average Bonchev–Trinajstić information content (AvgIpc) is 2.70. The summed E-state index contributed by atoms with van der Waals surface area (Å²) in [5.41, 5.74) is 1.91. The third-order valence-electron chi connectivity index (χ3n) is 4.61. The fourth-order valence-electron chi connectivity index (χ4n) is 3.11. The van der Waals surface area contributed by atoms with E-state index < -0.39 is 11.4 Å². The fraction of sp³-hybridized carbons (Fsp3) is 0.304. The van der Waals surface area contributed by atoms with Crippen molar-refractivity contribution in [2.24, 2.45) is 0 Å². The van der Waals surface area contributed by atoms with Gasteiger partial charge in [0.1, 0.15) is 17.2 Å². The SMILES string of the molecule is CC(C)(C)OC(=O)N1CC(Nc2cncc(-c3cnc(Oc4cccc(F)c4)nc3)c2)C1. The lowest BCUT2D eigenvalue weighted by Gasteiger charge is -2.40. The minimum Gasteiger partial charge on any atom is -0.444 e. The van der Waals surface area contributed by atoms with Crippen molar-refractivity contribution in [3.63, 3.8) is 0 Å². The van der Waals surface area contributed by atoms with Gasteiger partial charge in [-0.05, 0) is 39.0 Å². The largest absolute Gasteiger partial charge is 0.444 e. The number of anilines is 1. The number of carbonyl (C=O) groups is 1. The van der Waals surface area contributed by atoms with E-state index in [1.165, 1.54) is 12.1 Å². The Kier molecular flexibility index (Phi) is 5.89. The van der Waals surface area contributed by atoms with Crippen molar-refractivity contribution in [3.8, 4) is 22.9 Å². The highest BCUT2D eigenvalue weighted by Crippen LogP contribution is 2.25. The Bertz CT molecular complexity index is 1100. The number of halogens is 1. The first-order chi connectivity index (χ1) is 15.2. The fourth-order valence-corrected chi connectivity index (χ4v) is 3.11. The number of nitrogens with zero attached hydrogens (tertiary/aromatic N) is 4. The van der Waals surface area contributed by atoms with Crippen LogP contribution in [0.5, 0.6) is 11.8 Å². The number of pyridine rings is 1. The van der Waals surface area contributed by atoms with Crippen molar-refractivity contribution in [3.05, 3.63) is 60.9 Å². The van der Waals surface area contributed by atoms with Crippen LogP contribution in [0.1, 0.15) is 20.8 Å². The van der Waals surface area contributed by atoms with Crippen LogP contribution in [0, 0.1) is 5.82 Å². The molecule has 1 aliphatic heterocycles. The summed E-state index contributed by atoms with van der Waals surface area (Å²) in [7, 11) is 0. The summed E-state index contributed by atoms with van der Waals surface area (Å²) >= 11 is 0. The molecule has 0 spiro atoms. The van der Waals surface area contributed by atoms with Crippen molar-refractivity contribution in [2.75, 3.05) is 18.4 Å². The molecule has 1 saturated heterocycles. The lowest BCUT2D eigenvalue weighted by molar-refractivity contribution is 0.0105. The third-order valence-corrected chi connectivity index (χ3v) is 4.61. The number of aromatic nitrogens is 3. The second-order valence-electron chi connectivity index (χ2n) is 8.50. The van der Waals surface area contributed by atoms with E-state index in [9.17, 15) is 9.18 Å².